The summed E-state index contributed by atoms with van der Waals surface area (Å²) in [5, 5.41) is 6.46. The number of benzene rings is 2. The van der Waals surface area contributed by atoms with Gasteiger partial charge in [0.1, 0.15) is 5.75 Å². The van der Waals surface area contributed by atoms with Crippen LogP contribution in [0.1, 0.15) is 18.5 Å². The van der Waals surface area contributed by atoms with Crippen LogP contribution in [-0.4, -0.2) is 63.3 Å². The Morgan fingerprint density at radius 3 is 2.44 bits per heavy atom. The average Bonchev–Trinajstić information content (AvgIpc) is 2.85. The number of urea groups is 1. The monoisotopic (exact) mass is 484 g/mol. The van der Waals surface area contributed by atoms with E-state index in [1.807, 2.05) is 36.4 Å². The van der Waals surface area contributed by atoms with Crippen LogP contribution in [0.4, 0.5) is 10.5 Å². The molecule has 1 fully saturated rings. The van der Waals surface area contributed by atoms with Crippen LogP contribution in [0.5, 0.6) is 5.75 Å². The van der Waals surface area contributed by atoms with Gasteiger partial charge >= 0.3 is 12.0 Å². The van der Waals surface area contributed by atoms with Gasteiger partial charge in [0.2, 0.25) is 0 Å². The Morgan fingerprint density at radius 2 is 1.79 bits per heavy atom. The zero-order valence-corrected chi connectivity index (χ0v) is 20.1. The molecule has 0 radical (unpaired) electrons. The number of esters is 1. The first-order chi connectivity index (χ1) is 16.5. The molecule has 0 aliphatic carbocycles. The molecule has 2 N–H and O–H groups in total. The highest BCUT2D eigenvalue weighted by molar-refractivity contribution is 6.33. The van der Waals surface area contributed by atoms with Gasteiger partial charge in [-0.15, -0.1) is 0 Å². The maximum absolute atomic E-state index is 13.0. The lowest BCUT2D eigenvalue weighted by Crippen LogP contribution is -2.51. The second-order valence-corrected chi connectivity index (χ2v) is 8.54. The minimum absolute atomic E-state index is 0.245. The van der Waals surface area contributed by atoms with Gasteiger partial charge in [0.25, 0.3) is 0 Å². The van der Waals surface area contributed by atoms with Crippen molar-refractivity contribution in [3.05, 3.63) is 70.4 Å². The van der Waals surface area contributed by atoms with Gasteiger partial charge in [-0.05, 0) is 36.8 Å². The van der Waals surface area contributed by atoms with Gasteiger partial charge in [-0.2, -0.15) is 0 Å². The standard InChI is InChI=1S/C25H29ClN4O4/c1-3-34-24(31)22-20(27-25(32)28-23(22)17-8-10-18(33-2)11-9-17)16-29-12-14-30(15-13-29)21-7-5-4-6-19(21)26/h4-11,23H,3,12-16H2,1-2H3,(H2,27,28,32)/t23-/m0/s1. The van der Waals surface area contributed by atoms with Crippen molar-refractivity contribution in [1.29, 1.82) is 0 Å². The molecular formula is C25H29ClN4O4. The number of nitrogens with zero attached hydrogens (tertiary/aromatic N) is 2. The number of halogens is 1. The highest BCUT2D eigenvalue weighted by Gasteiger charge is 2.34. The third kappa shape index (κ3) is 5.29. The minimum atomic E-state index is -0.613. The lowest BCUT2D eigenvalue weighted by molar-refractivity contribution is -0.139. The van der Waals surface area contributed by atoms with E-state index in [1.165, 1.54) is 0 Å². The molecule has 2 aromatic rings. The van der Waals surface area contributed by atoms with E-state index in [1.54, 1.807) is 26.2 Å². The summed E-state index contributed by atoms with van der Waals surface area (Å²) in [6, 6.07) is 14.1. The Balaban J connectivity index is 1.56. The number of hydrogen-bond donors (Lipinski definition) is 2. The van der Waals surface area contributed by atoms with Crippen LogP contribution >= 0.6 is 11.6 Å². The Kier molecular flexibility index (Phi) is 7.59. The number of nitrogens with one attached hydrogen (secondary N) is 2. The number of rotatable bonds is 7. The van der Waals surface area contributed by atoms with Crippen LogP contribution in [-0.2, 0) is 9.53 Å². The molecule has 0 saturated carbocycles. The first-order valence-electron chi connectivity index (χ1n) is 11.3. The van der Waals surface area contributed by atoms with Crippen molar-refractivity contribution in [2.24, 2.45) is 0 Å². The quantitative estimate of drug-likeness (QED) is 0.586. The fourth-order valence-corrected chi connectivity index (χ4v) is 4.57. The molecule has 1 atom stereocenters. The van der Waals surface area contributed by atoms with E-state index in [4.69, 9.17) is 21.1 Å². The molecule has 0 spiro atoms. The van der Waals surface area contributed by atoms with Gasteiger partial charge in [0.15, 0.2) is 0 Å². The Labute approximate surface area is 204 Å². The van der Waals surface area contributed by atoms with Crippen molar-refractivity contribution in [2.75, 3.05) is 51.3 Å². The van der Waals surface area contributed by atoms with E-state index >= 15 is 0 Å². The number of ether oxygens (including phenoxy) is 2. The molecule has 34 heavy (non-hydrogen) atoms. The largest absolute Gasteiger partial charge is 0.497 e. The normalized spacial score (nSPS) is 18.9. The molecule has 180 valence electrons. The first-order valence-corrected chi connectivity index (χ1v) is 11.7. The predicted octanol–water partition coefficient (Wildman–Crippen LogP) is 3.34. The zero-order chi connectivity index (χ0) is 24.1. The lowest BCUT2D eigenvalue weighted by Gasteiger charge is -2.38. The first kappa shape index (κ1) is 23.9. The topological polar surface area (TPSA) is 83.1 Å². The molecule has 2 aromatic carbocycles. The van der Waals surface area contributed by atoms with E-state index < -0.39 is 12.0 Å². The molecule has 2 heterocycles. The molecule has 8 nitrogen and oxygen atoms in total. The van der Waals surface area contributed by atoms with Gasteiger partial charge in [-0.25, -0.2) is 9.59 Å². The Hall–Kier alpha value is -3.23. The number of amides is 2. The molecular weight excluding hydrogens is 456 g/mol. The molecule has 9 heteroatoms. The molecule has 4 rings (SSSR count). The summed E-state index contributed by atoms with van der Waals surface area (Å²) >= 11 is 6.37. The van der Waals surface area contributed by atoms with E-state index in [-0.39, 0.29) is 12.6 Å². The number of carbonyl (C=O) groups is 2. The third-order valence-electron chi connectivity index (χ3n) is 6.05. The maximum Gasteiger partial charge on any atom is 0.338 e. The van der Waals surface area contributed by atoms with Crippen LogP contribution in [0, 0.1) is 0 Å². The van der Waals surface area contributed by atoms with Crippen molar-refractivity contribution >= 4 is 29.3 Å². The van der Waals surface area contributed by atoms with Gasteiger partial charge in [0.05, 0.1) is 36.0 Å². The number of piperazine rings is 1. The smallest absolute Gasteiger partial charge is 0.338 e. The maximum atomic E-state index is 13.0. The highest BCUT2D eigenvalue weighted by Crippen LogP contribution is 2.30. The van der Waals surface area contributed by atoms with Crippen molar-refractivity contribution < 1.29 is 19.1 Å². The summed E-state index contributed by atoms with van der Waals surface area (Å²) in [5.41, 5.74) is 2.78. The lowest BCUT2D eigenvalue weighted by atomic mass is 9.94. The number of carbonyl (C=O) groups excluding carboxylic acids is 2. The number of methoxy groups -OCH3 is 1. The van der Waals surface area contributed by atoms with Gasteiger partial charge < -0.3 is 25.0 Å². The summed E-state index contributed by atoms with van der Waals surface area (Å²) < 4.78 is 10.6. The molecule has 2 aliphatic heterocycles. The van der Waals surface area contributed by atoms with E-state index in [9.17, 15) is 9.59 Å². The molecule has 2 aliphatic rings. The minimum Gasteiger partial charge on any atom is -0.497 e. The van der Waals surface area contributed by atoms with Crippen molar-refractivity contribution in [2.45, 2.75) is 13.0 Å². The summed E-state index contributed by atoms with van der Waals surface area (Å²) in [5.74, 6) is 0.253. The van der Waals surface area contributed by atoms with E-state index in [0.29, 0.717) is 23.6 Å². The van der Waals surface area contributed by atoms with Gasteiger partial charge in [-0.3, -0.25) is 4.90 Å². The van der Waals surface area contributed by atoms with Gasteiger partial charge in [0, 0.05) is 38.4 Å². The summed E-state index contributed by atoms with van der Waals surface area (Å²) in [7, 11) is 1.59. The van der Waals surface area contributed by atoms with Crippen LogP contribution in [0.25, 0.3) is 0 Å². The molecule has 1 saturated heterocycles. The van der Waals surface area contributed by atoms with Crippen LogP contribution < -0.4 is 20.3 Å². The molecule has 0 unspecified atom stereocenters. The van der Waals surface area contributed by atoms with Crippen LogP contribution in [0.3, 0.4) is 0 Å². The fourth-order valence-electron chi connectivity index (χ4n) is 4.32. The van der Waals surface area contributed by atoms with Crippen molar-refractivity contribution in [1.82, 2.24) is 15.5 Å². The second-order valence-electron chi connectivity index (χ2n) is 8.13. The average molecular weight is 485 g/mol. The summed E-state index contributed by atoms with van der Waals surface area (Å²) in [6.07, 6.45) is 0. The Bertz CT molecular complexity index is 1060. The second kappa shape index (κ2) is 10.8. The Morgan fingerprint density at radius 1 is 1.09 bits per heavy atom. The van der Waals surface area contributed by atoms with Crippen molar-refractivity contribution in [3.63, 3.8) is 0 Å². The fraction of sp³-hybridized carbons (Fsp3) is 0.360. The SMILES string of the molecule is CCOC(=O)C1=C(CN2CCN(c3ccccc3Cl)CC2)NC(=O)N[C@H]1c1ccc(OC)cc1. The number of hydrogen-bond acceptors (Lipinski definition) is 6. The van der Waals surface area contributed by atoms with Gasteiger partial charge in [-0.1, -0.05) is 35.9 Å². The predicted molar refractivity (Wildman–Crippen MR) is 131 cm³/mol. The number of para-hydroxylation sites is 1. The summed E-state index contributed by atoms with van der Waals surface area (Å²) in [4.78, 5) is 30.0. The zero-order valence-electron chi connectivity index (χ0n) is 19.3. The van der Waals surface area contributed by atoms with E-state index in [2.05, 4.69) is 20.4 Å². The third-order valence-corrected chi connectivity index (χ3v) is 6.36. The molecule has 2 amide bonds. The van der Waals surface area contributed by atoms with Crippen LogP contribution in [0.2, 0.25) is 5.02 Å². The number of anilines is 1. The molecule has 0 bridgehead atoms. The van der Waals surface area contributed by atoms with E-state index in [0.717, 1.165) is 42.5 Å². The van der Waals surface area contributed by atoms with Crippen molar-refractivity contribution in [3.8, 4) is 5.75 Å². The summed E-state index contributed by atoms with van der Waals surface area (Å²) in [6.45, 7) is 5.56. The molecule has 0 aromatic heterocycles. The highest BCUT2D eigenvalue weighted by atomic mass is 35.5. The van der Waals surface area contributed by atoms with Crippen LogP contribution in [0.15, 0.2) is 59.8 Å².